The molecule has 4 amide bonds. The average Bonchev–Trinajstić information content (AvgIpc) is 3.19. The molecule has 3 rings (SSSR count). The number of anilines is 1. The summed E-state index contributed by atoms with van der Waals surface area (Å²) in [5.41, 5.74) is -1.51. The zero-order valence-corrected chi connectivity index (χ0v) is 20.7. The van der Waals surface area contributed by atoms with Crippen molar-refractivity contribution in [1.82, 2.24) is 25.9 Å². The van der Waals surface area contributed by atoms with Gasteiger partial charge in [-0.2, -0.15) is 13.2 Å². The number of alkyl halides is 3. The van der Waals surface area contributed by atoms with Gasteiger partial charge in [0, 0.05) is 36.4 Å². The lowest BCUT2D eigenvalue weighted by atomic mass is 9.93. The fourth-order valence-corrected chi connectivity index (χ4v) is 3.95. The Labute approximate surface area is 218 Å². The van der Waals surface area contributed by atoms with E-state index < -0.39 is 53.0 Å². The first-order valence-electron chi connectivity index (χ1n) is 11.2. The Morgan fingerprint density at radius 1 is 1.16 bits per heavy atom. The molecule has 0 aliphatic carbocycles. The topological polar surface area (TPSA) is 159 Å². The number of hydrogen-bond donors (Lipinski definition) is 4. The van der Waals surface area contributed by atoms with Gasteiger partial charge in [0.1, 0.15) is 0 Å². The number of ketones is 1. The molecule has 1 aromatic carbocycles. The predicted octanol–water partition coefficient (Wildman–Crippen LogP) is 1.73. The number of halogens is 4. The normalized spacial score (nSPS) is 17.8. The van der Waals surface area contributed by atoms with Gasteiger partial charge in [-0.1, -0.05) is 11.6 Å². The zero-order chi connectivity index (χ0) is 28.2. The minimum atomic E-state index is -4.70. The maximum atomic E-state index is 13.2. The van der Waals surface area contributed by atoms with Crippen LogP contribution in [0.5, 0.6) is 0 Å². The number of likely N-dealkylation sites (N-methyl/N-ethyl adjacent to an activating group) is 1. The van der Waals surface area contributed by atoms with E-state index >= 15 is 0 Å². The number of benzene rings is 1. The molecule has 1 aliphatic heterocycles. The summed E-state index contributed by atoms with van der Waals surface area (Å²) < 4.78 is 38.2. The molecule has 15 heteroatoms. The quantitative estimate of drug-likeness (QED) is 0.362. The van der Waals surface area contributed by atoms with Crippen LogP contribution in [0.3, 0.4) is 0 Å². The highest BCUT2D eigenvalue weighted by Crippen LogP contribution is 2.28. The lowest BCUT2D eigenvalue weighted by Gasteiger charge is -2.20. The first-order chi connectivity index (χ1) is 17.8. The van der Waals surface area contributed by atoms with Gasteiger partial charge in [-0.05, 0) is 38.0 Å². The second-order valence-corrected chi connectivity index (χ2v) is 8.92. The zero-order valence-electron chi connectivity index (χ0n) is 20.0. The third-order valence-electron chi connectivity index (χ3n) is 5.65. The number of Topliss-reactive ketones (excluding diaryl/α,β-unsaturated/α-hetero) is 1. The summed E-state index contributed by atoms with van der Waals surface area (Å²) in [6.45, 7) is 1.77. The number of hydrogen-bond acceptors (Lipinski definition) is 7. The predicted molar refractivity (Wildman–Crippen MR) is 127 cm³/mol. The van der Waals surface area contributed by atoms with Crippen LogP contribution in [0.2, 0.25) is 5.02 Å². The van der Waals surface area contributed by atoms with Crippen LogP contribution in [0, 0.1) is 5.92 Å². The first-order valence-corrected chi connectivity index (χ1v) is 11.5. The molecule has 1 saturated heterocycles. The summed E-state index contributed by atoms with van der Waals surface area (Å²) in [6, 6.07) is 2.22. The molecule has 1 aliphatic rings. The van der Waals surface area contributed by atoms with E-state index in [0.717, 1.165) is 0 Å². The van der Waals surface area contributed by atoms with Gasteiger partial charge in [-0.3, -0.25) is 24.0 Å². The lowest BCUT2D eigenvalue weighted by molar-refractivity contribution is -0.139. The number of amides is 4. The number of carbonyl (C=O) groups excluding carboxylic acids is 5. The van der Waals surface area contributed by atoms with Crippen molar-refractivity contribution in [2.24, 2.45) is 5.92 Å². The monoisotopic (exact) mass is 554 g/mol. The first kappa shape index (κ1) is 28.5. The molecule has 38 heavy (non-hydrogen) atoms. The van der Waals surface area contributed by atoms with E-state index in [9.17, 15) is 37.1 Å². The maximum Gasteiger partial charge on any atom is 0.419 e. The molecule has 2 heterocycles. The van der Waals surface area contributed by atoms with Crippen LogP contribution < -0.4 is 21.3 Å². The van der Waals surface area contributed by atoms with Crippen molar-refractivity contribution < 1.29 is 37.1 Å². The van der Waals surface area contributed by atoms with E-state index in [4.69, 9.17) is 11.6 Å². The number of aromatic nitrogens is 2. The van der Waals surface area contributed by atoms with Crippen molar-refractivity contribution in [2.45, 2.75) is 38.0 Å². The van der Waals surface area contributed by atoms with Gasteiger partial charge in [0.25, 0.3) is 17.7 Å². The number of nitrogens with zero attached hydrogens (tertiary/aromatic N) is 2. The molecule has 202 valence electrons. The Morgan fingerprint density at radius 2 is 1.82 bits per heavy atom. The summed E-state index contributed by atoms with van der Waals surface area (Å²) in [7, 11) is 1.23. The second kappa shape index (κ2) is 11.5. The minimum Gasteiger partial charge on any atom is -0.353 e. The SMILES string of the molecule is CNC(=O)C(=O)C(C[C@@H]1C[C@@H](C)NC1=O)NC(=O)c1cc(Cl)ccc1NC(=O)c1ncc(C(F)(F)F)cn1. The molecule has 0 bridgehead atoms. The van der Waals surface area contributed by atoms with Crippen molar-refractivity contribution >= 4 is 46.7 Å². The maximum absolute atomic E-state index is 13.2. The molecule has 1 fully saturated rings. The smallest absolute Gasteiger partial charge is 0.353 e. The third-order valence-corrected chi connectivity index (χ3v) is 5.88. The Kier molecular flexibility index (Phi) is 8.66. The fraction of sp³-hybridized carbons (Fsp3) is 0.348. The summed E-state index contributed by atoms with van der Waals surface area (Å²) in [5.74, 6) is -5.48. The van der Waals surface area contributed by atoms with Crippen molar-refractivity contribution in [2.75, 3.05) is 12.4 Å². The molecule has 2 aromatic rings. The van der Waals surface area contributed by atoms with Gasteiger partial charge in [0.2, 0.25) is 17.5 Å². The summed E-state index contributed by atoms with van der Waals surface area (Å²) in [4.78, 5) is 69.4. The van der Waals surface area contributed by atoms with E-state index in [1.165, 1.54) is 25.2 Å². The summed E-state index contributed by atoms with van der Waals surface area (Å²) >= 11 is 6.01. The van der Waals surface area contributed by atoms with Gasteiger partial charge in [-0.25, -0.2) is 9.97 Å². The highest BCUT2D eigenvalue weighted by molar-refractivity contribution is 6.38. The van der Waals surface area contributed by atoms with Crippen molar-refractivity contribution in [3.8, 4) is 0 Å². The molecule has 1 unspecified atom stereocenters. The van der Waals surface area contributed by atoms with E-state index in [0.29, 0.717) is 18.8 Å². The molecular formula is C23H22ClF3N6O5. The highest BCUT2D eigenvalue weighted by Gasteiger charge is 2.36. The fourth-order valence-electron chi connectivity index (χ4n) is 3.77. The van der Waals surface area contributed by atoms with Crippen LogP contribution >= 0.6 is 11.6 Å². The van der Waals surface area contributed by atoms with E-state index in [2.05, 4.69) is 31.2 Å². The van der Waals surface area contributed by atoms with Crippen LogP contribution in [-0.2, 0) is 20.6 Å². The number of carbonyl (C=O) groups is 5. The van der Waals surface area contributed by atoms with Crippen LogP contribution in [0.25, 0.3) is 0 Å². The summed E-state index contributed by atoms with van der Waals surface area (Å²) in [6.07, 6.45) is -3.59. The van der Waals surface area contributed by atoms with E-state index in [1.54, 1.807) is 6.92 Å². The van der Waals surface area contributed by atoms with Gasteiger partial charge in [0.15, 0.2) is 0 Å². The van der Waals surface area contributed by atoms with E-state index in [1.807, 2.05) is 0 Å². The molecule has 0 radical (unpaired) electrons. The largest absolute Gasteiger partial charge is 0.419 e. The molecule has 4 N–H and O–H groups in total. The van der Waals surface area contributed by atoms with Gasteiger partial charge in [-0.15, -0.1) is 0 Å². The number of nitrogens with one attached hydrogen (secondary N) is 4. The van der Waals surface area contributed by atoms with Crippen molar-refractivity contribution in [3.05, 3.63) is 52.6 Å². The molecule has 1 aromatic heterocycles. The Bertz CT molecular complexity index is 1270. The van der Waals surface area contributed by atoms with Crippen LogP contribution in [0.4, 0.5) is 18.9 Å². The van der Waals surface area contributed by atoms with Gasteiger partial charge in [0.05, 0.1) is 22.9 Å². The highest BCUT2D eigenvalue weighted by atomic mass is 35.5. The summed E-state index contributed by atoms with van der Waals surface area (Å²) in [5, 5.41) is 9.70. The van der Waals surface area contributed by atoms with Gasteiger partial charge >= 0.3 is 6.18 Å². The second-order valence-electron chi connectivity index (χ2n) is 8.48. The molecule has 11 nitrogen and oxygen atoms in total. The van der Waals surface area contributed by atoms with Crippen LogP contribution in [-0.4, -0.2) is 58.5 Å². The van der Waals surface area contributed by atoms with Gasteiger partial charge < -0.3 is 21.3 Å². The van der Waals surface area contributed by atoms with E-state index in [-0.39, 0.29) is 34.6 Å². The van der Waals surface area contributed by atoms with Crippen molar-refractivity contribution in [3.63, 3.8) is 0 Å². The average molecular weight is 555 g/mol. The Hall–Kier alpha value is -4.07. The molecule has 0 spiro atoms. The third kappa shape index (κ3) is 6.82. The molecule has 3 atom stereocenters. The lowest BCUT2D eigenvalue weighted by Crippen LogP contribution is -2.48. The Morgan fingerprint density at radius 3 is 2.37 bits per heavy atom. The minimum absolute atomic E-state index is 0.0807. The molecular weight excluding hydrogens is 533 g/mol. The van der Waals surface area contributed by atoms with Crippen LogP contribution in [0.15, 0.2) is 30.6 Å². The molecule has 0 saturated carbocycles. The van der Waals surface area contributed by atoms with Crippen molar-refractivity contribution in [1.29, 1.82) is 0 Å². The number of rotatable bonds is 8. The van der Waals surface area contributed by atoms with Crippen LogP contribution in [0.1, 0.15) is 46.3 Å². The Balaban J connectivity index is 1.84. The standard InChI is InChI=1S/C23H22ClF3N6O5/c1-10-5-11(19(35)31-10)6-16(17(34)21(37)28-2)33-20(36)14-7-13(24)3-4-15(14)32-22(38)18-29-8-12(9-30-18)23(25,26)27/h3-4,7-11,16H,5-6H2,1-2H3,(H,28,37)(H,31,35)(H,32,38)(H,33,36)/t10-,11+,16?/m1/s1.